The van der Waals surface area contributed by atoms with Crippen molar-refractivity contribution in [2.75, 3.05) is 13.1 Å². The van der Waals surface area contributed by atoms with E-state index in [0.717, 1.165) is 64.9 Å². The number of carbonyl (C=O) groups is 2. The van der Waals surface area contributed by atoms with E-state index in [2.05, 4.69) is 28.6 Å². The number of hydrogen-bond donors (Lipinski definition) is 1. The maximum absolute atomic E-state index is 13.7. The Hall–Kier alpha value is -3.48. The maximum atomic E-state index is 13.7. The van der Waals surface area contributed by atoms with E-state index in [0.29, 0.717) is 18.8 Å². The number of aliphatic imine (C=N–C) groups is 1. The molecule has 174 valence electrons. The third-order valence-corrected chi connectivity index (χ3v) is 7.53. The molecule has 7 nitrogen and oxygen atoms in total. The topological polar surface area (TPSA) is 79.6 Å². The number of hydrogen-bond acceptors (Lipinski definition) is 4. The Morgan fingerprint density at radius 3 is 2.76 bits per heavy atom. The molecule has 4 aliphatic rings. The van der Waals surface area contributed by atoms with Crippen LogP contribution in [-0.4, -0.2) is 50.8 Å². The van der Waals surface area contributed by atoms with Gasteiger partial charge in [-0.2, -0.15) is 5.10 Å². The molecule has 0 radical (unpaired) electrons. The van der Waals surface area contributed by atoms with E-state index in [1.165, 1.54) is 0 Å². The lowest BCUT2D eigenvalue weighted by atomic mass is 9.79. The molecule has 2 amide bonds. The van der Waals surface area contributed by atoms with E-state index < -0.39 is 0 Å². The second-order valence-corrected chi connectivity index (χ2v) is 10.2. The Kier molecular flexibility index (Phi) is 4.66. The van der Waals surface area contributed by atoms with Crippen molar-refractivity contribution in [3.63, 3.8) is 0 Å². The standard InChI is InChI=1S/C27H29N5O2/c1-16(2)32-24-18(15-28-32)14-27(30-25(24)33)8-10-31(11-9-27)26(34)20-12-17(3)13-22-23(20)19-6-4-5-7-21(19)29-22/h4-6,12-13,15-16H,7-11,14H2,1-3H3,(H,30,33). The van der Waals surface area contributed by atoms with Crippen LogP contribution in [0.2, 0.25) is 0 Å². The van der Waals surface area contributed by atoms with Crippen molar-refractivity contribution in [3.05, 3.63) is 64.5 Å². The monoisotopic (exact) mass is 455 g/mol. The number of amides is 2. The average Bonchev–Trinajstić information content (AvgIpc) is 3.40. The fourth-order valence-electron chi connectivity index (χ4n) is 5.82. The van der Waals surface area contributed by atoms with Gasteiger partial charge in [0.15, 0.2) is 0 Å². The molecule has 34 heavy (non-hydrogen) atoms. The van der Waals surface area contributed by atoms with Gasteiger partial charge in [0.25, 0.3) is 11.8 Å². The lowest BCUT2D eigenvalue weighted by Crippen LogP contribution is -2.59. The zero-order chi connectivity index (χ0) is 23.6. The van der Waals surface area contributed by atoms with Crippen molar-refractivity contribution in [2.45, 2.75) is 58.0 Å². The first-order valence-electron chi connectivity index (χ1n) is 12.1. The summed E-state index contributed by atoms with van der Waals surface area (Å²) in [5.41, 5.74) is 7.13. The highest BCUT2D eigenvalue weighted by Crippen LogP contribution is 2.41. The Labute approximate surface area is 199 Å². The number of carbonyl (C=O) groups excluding carboxylic acids is 2. The van der Waals surface area contributed by atoms with E-state index >= 15 is 0 Å². The number of allylic oxidation sites excluding steroid dienone is 4. The van der Waals surface area contributed by atoms with Gasteiger partial charge in [-0.05, 0) is 57.7 Å². The van der Waals surface area contributed by atoms with Crippen molar-refractivity contribution < 1.29 is 9.59 Å². The van der Waals surface area contributed by atoms with Gasteiger partial charge in [-0.3, -0.25) is 19.3 Å². The molecular weight excluding hydrogens is 426 g/mol. The van der Waals surface area contributed by atoms with Crippen molar-refractivity contribution >= 4 is 28.8 Å². The van der Waals surface area contributed by atoms with Crippen LogP contribution in [0.5, 0.6) is 0 Å². The van der Waals surface area contributed by atoms with Crippen LogP contribution in [0.15, 0.2) is 41.6 Å². The first kappa shape index (κ1) is 21.1. The predicted molar refractivity (Wildman–Crippen MR) is 132 cm³/mol. The van der Waals surface area contributed by atoms with Crippen LogP contribution in [0.4, 0.5) is 5.69 Å². The highest BCUT2D eigenvalue weighted by Gasteiger charge is 2.43. The molecule has 3 aliphatic heterocycles. The van der Waals surface area contributed by atoms with Crippen LogP contribution in [-0.2, 0) is 6.42 Å². The first-order valence-corrected chi connectivity index (χ1v) is 12.1. The fraction of sp³-hybridized carbons (Fsp3) is 0.407. The number of aryl methyl sites for hydroxylation is 1. The molecule has 7 heteroatoms. The van der Waals surface area contributed by atoms with Crippen LogP contribution in [0, 0.1) is 6.92 Å². The average molecular weight is 456 g/mol. The number of rotatable bonds is 2. The molecule has 0 unspecified atom stereocenters. The van der Waals surface area contributed by atoms with Gasteiger partial charge >= 0.3 is 0 Å². The van der Waals surface area contributed by atoms with Crippen LogP contribution in [0.1, 0.15) is 76.7 Å². The van der Waals surface area contributed by atoms with E-state index in [-0.39, 0.29) is 23.4 Å². The molecular formula is C27H29N5O2. The lowest BCUT2D eigenvalue weighted by Gasteiger charge is -2.44. The van der Waals surface area contributed by atoms with Gasteiger partial charge in [-0.1, -0.05) is 18.2 Å². The van der Waals surface area contributed by atoms with Gasteiger partial charge in [0.1, 0.15) is 5.69 Å². The number of nitrogens with zero attached hydrogens (tertiary/aromatic N) is 4. The molecule has 1 saturated heterocycles. The van der Waals surface area contributed by atoms with Crippen LogP contribution in [0.25, 0.3) is 5.57 Å². The molecule has 4 heterocycles. The minimum Gasteiger partial charge on any atom is -0.345 e. The molecule has 1 spiro atoms. The molecule has 0 bridgehead atoms. The molecule has 0 saturated carbocycles. The number of aromatic nitrogens is 2. The van der Waals surface area contributed by atoms with Crippen LogP contribution >= 0.6 is 0 Å². The zero-order valence-corrected chi connectivity index (χ0v) is 19.9. The smallest absolute Gasteiger partial charge is 0.270 e. The maximum Gasteiger partial charge on any atom is 0.270 e. The Morgan fingerprint density at radius 1 is 1.21 bits per heavy atom. The summed E-state index contributed by atoms with van der Waals surface area (Å²) in [5, 5.41) is 7.74. The summed E-state index contributed by atoms with van der Waals surface area (Å²) in [7, 11) is 0. The third-order valence-electron chi connectivity index (χ3n) is 7.53. The van der Waals surface area contributed by atoms with Gasteiger partial charge in [0.05, 0.1) is 17.6 Å². The van der Waals surface area contributed by atoms with Crippen LogP contribution < -0.4 is 5.32 Å². The lowest BCUT2D eigenvalue weighted by molar-refractivity contribution is 0.0602. The zero-order valence-electron chi connectivity index (χ0n) is 19.9. The molecule has 6 rings (SSSR count). The second-order valence-electron chi connectivity index (χ2n) is 10.2. The number of likely N-dealkylation sites (tertiary alicyclic amines) is 1. The normalized spacial score (nSPS) is 20.0. The summed E-state index contributed by atoms with van der Waals surface area (Å²) in [6, 6.07) is 4.20. The fourth-order valence-corrected chi connectivity index (χ4v) is 5.82. The first-order chi connectivity index (χ1) is 16.3. The molecule has 1 fully saturated rings. The summed E-state index contributed by atoms with van der Waals surface area (Å²) >= 11 is 0. The van der Waals surface area contributed by atoms with E-state index in [1.54, 1.807) is 4.68 Å². The van der Waals surface area contributed by atoms with Crippen molar-refractivity contribution in [1.29, 1.82) is 0 Å². The van der Waals surface area contributed by atoms with E-state index in [1.807, 2.05) is 44.0 Å². The third kappa shape index (κ3) is 3.17. The summed E-state index contributed by atoms with van der Waals surface area (Å²) < 4.78 is 1.81. The highest BCUT2D eigenvalue weighted by molar-refractivity contribution is 6.32. The molecule has 1 aromatic heterocycles. The Morgan fingerprint density at radius 2 is 2.00 bits per heavy atom. The van der Waals surface area contributed by atoms with Gasteiger partial charge in [0, 0.05) is 53.4 Å². The van der Waals surface area contributed by atoms with Crippen molar-refractivity contribution in [1.82, 2.24) is 20.0 Å². The summed E-state index contributed by atoms with van der Waals surface area (Å²) in [6.07, 6.45) is 11.1. The quantitative estimate of drug-likeness (QED) is 0.738. The Balaban J connectivity index is 1.24. The van der Waals surface area contributed by atoms with Gasteiger partial charge in [-0.25, -0.2) is 0 Å². The van der Waals surface area contributed by atoms with Crippen molar-refractivity contribution in [2.24, 2.45) is 4.99 Å². The highest BCUT2D eigenvalue weighted by atomic mass is 16.2. The molecule has 1 N–H and O–H groups in total. The molecule has 2 aromatic rings. The minimum atomic E-state index is -0.312. The summed E-state index contributed by atoms with van der Waals surface area (Å²) in [6.45, 7) is 7.31. The summed E-state index contributed by atoms with van der Waals surface area (Å²) in [5.74, 6) is 0.00264. The minimum absolute atomic E-state index is 0.0503. The molecule has 0 atom stereocenters. The SMILES string of the molecule is Cc1cc2c(c(C(=O)N3CCC4(CC3)Cc3cnn(C(C)C)c3C(=O)N4)c1)C1=CC=CCC1=N2. The second kappa shape index (κ2) is 7.52. The van der Waals surface area contributed by atoms with Crippen LogP contribution in [0.3, 0.4) is 0 Å². The number of piperidine rings is 1. The largest absolute Gasteiger partial charge is 0.345 e. The Bertz CT molecular complexity index is 1320. The van der Waals surface area contributed by atoms with Gasteiger partial charge in [-0.15, -0.1) is 0 Å². The number of fused-ring (bicyclic) bond motifs is 4. The van der Waals surface area contributed by atoms with Gasteiger partial charge < -0.3 is 10.2 Å². The van der Waals surface area contributed by atoms with Crippen molar-refractivity contribution in [3.8, 4) is 0 Å². The number of benzene rings is 1. The van der Waals surface area contributed by atoms with E-state index in [4.69, 9.17) is 4.99 Å². The molecule has 1 aliphatic carbocycles. The number of nitrogens with one attached hydrogen (secondary N) is 1. The molecule has 1 aromatic carbocycles. The van der Waals surface area contributed by atoms with Gasteiger partial charge in [0.2, 0.25) is 0 Å². The van der Waals surface area contributed by atoms with E-state index in [9.17, 15) is 9.59 Å². The summed E-state index contributed by atoms with van der Waals surface area (Å²) in [4.78, 5) is 33.5. The predicted octanol–water partition coefficient (Wildman–Crippen LogP) is 4.16.